The van der Waals surface area contributed by atoms with Gasteiger partial charge in [-0.2, -0.15) is 0 Å². The highest BCUT2D eigenvalue weighted by Crippen LogP contribution is 2.31. The molecule has 1 unspecified atom stereocenters. The van der Waals surface area contributed by atoms with Gasteiger partial charge in [0.1, 0.15) is 0 Å². The third-order valence-electron chi connectivity index (χ3n) is 4.67. The Morgan fingerprint density at radius 2 is 2.10 bits per heavy atom. The maximum absolute atomic E-state index is 13.4. The van der Waals surface area contributed by atoms with Crippen molar-refractivity contribution in [3.8, 4) is 5.75 Å². The molecule has 1 aromatic carbocycles. The minimum Gasteiger partial charge on any atom is -0.491 e. The van der Waals surface area contributed by atoms with Crippen LogP contribution in [0.3, 0.4) is 0 Å². The summed E-state index contributed by atoms with van der Waals surface area (Å²) in [5, 5.41) is 0. The van der Waals surface area contributed by atoms with Gasteiger partial charge in [0.25, 0.3) is 0 Å². The number of nitrogens with zero attached hydrogens (tertiary/aromatic N) is 1. The van der Waals surface area contributed by atoms with Crippen molar-refractivity contribution in [3.63, 3.8) is 0 Å². The Kier molecular flexibility index (Phi) is 4.42. The Labute approximate surface area is 125 Å². The maximum Gasteiger partial charge on any atom is 0.225 e. The van der Waals surface area contributed by atoms with Crippen molar-refractivity contribution in [2.75, 3.05) is 19.7 Å². The number of halogens is 1. The van der Waals surface area contributed by atoms with Gasteiger partial charge in [-0.3, -0.25) is 4.79 Å². The summed E-state index contributed by atoms with van der Waals surface area (Å²) in [6, 6.07) is 6.48. The summed E-state index contributed by atoms with van der Waals surface area (Å²) in [5.74, 6) is 1.13. The first kappa shape index (κ1) is 14.4. The van der Waals surface area contributed by atoms with Crippen LogP contribution in [0.5, 0.6) is 5.75 Å². The van der Waals surface area contributed by atoms with Crippen LogP contribution in [0.25, 0.3) is 0 Å². The van der Waals surface area contributed by atoms with Gasteiger partial charge in [-0.1, -0.05) is 18.6 Å². The summed E-state index contributed by atoms with van der Waals surface area (Å²) in [6.45, 7) is 2.23. The number of amides is 1. The van der Waals surface area contributed by atoms with Crippen LogP contribution in [0, 0.1) is 17.7 Å². The number of rotatable bonds is 5. The Morgan fingerprint density at radius 3 is 2.81 bits per heavy atom. The van der Waals surface area contributed by atoms with E-state index in [1.807, 2.05) is 4.90 Å². The lowest BCUT2D eigenvalue weighted by molar-refractivity contribution is -0.137. The summed E-state index contributed by atoms with van der Waals surface area (Å²) < 4.78 is 18.9. The van der Waals surface area contributed by atoms with Gasteiger partial charge in [-0.25, -0.2) is 4.39 Å². The molecule has 2 fully saturated rings. The van der Waals surface area contributed by atoms with Crippen LogP contribution < -0.4 is 4.74 Å². The fourth-order valence-electron chi connectivity index (χ4n) is 3.08. The predicted octanol–water partition coefficient (Wildman–Crippen LogP) is 3.24. The van der Waals surface area contributed by atoms with Gasteiger partial charge < -0.3 is 9.64 Å². The van der Waals surface area contributed by atoms with Crippen LogP contribution in [0.2, 0.25) is 0 Å². The molecule has 1 saturated heterocycles. The molecule has 3 rings (SSSR count). The molecule has 1 aliphatic heterocycles. The van der Waals surface area contributed by atoms with Crippen molar-refractivity contribution < 1.29 is 13.9 Å². The maximum atomic E-state index is 13.4. The van der Waals surface area contributed by atoms with Crippen molar-refractivity contribution in [3.05, 3.63) is 30.1 Å². The monoisotopic (exact) mass is 291 g/mol. The fraction of sp³-hybridized carbons (Fsp3) is 0.588. The van der Waals surface area contributed by atoms with E-state index >= 15 is 0 Å². The second-order valence-electron chi connectivity index (χ2n) is 6.13. The third kappa shape index (κ3) is 3.36. The van der Waals surface area contributed by atoms with E-state index in [4.69, 9.17) is 4.74 Å². The van der Waals surface area contributed by atoms with E-state index in [-0.39, 0.29) is 5.82 Å². The molecule has 1 amide bonds. The zero-order chi connectivity index (χ0) is 14.7. The fourth-order valence-corrected chi connectivity index (χ4v) is 3.08. The average Bonchev–Trinajstić information content (AvgIpc) is 2.88. The zero-order valence-corrected chi connectivity index (χ0v) is 12.3. The molecule has 0 spiro atoms. The number of hydrogen-bond acceptors (Lipinski definition) is 2. The molecule has 1 aromatic rings. The lowest BCUT2D eigenvalue weighted by atomic mass is 9.84. The van der Waals surface area contributed by atoms with Crippen LogP contribution >= 0.6 is 0 Å². The van der Waals surface area contributed by atoms with E-state index in [2.05, 4.69) is 0 Å². The number of ether oxygens (including phenoxy) is 1. The molecular formula is C17H22FNO2. The summed E-state index contributed by atoms with van der Waals surface area (Å²) >= 11 is 0. The number of para-hydroxylation sites is 1. The molecule has 1 aliphatic carbocycles. The van der Waals surface area contributed by atoms with Gasteiger partial charge >= 0.3 is 0 Å². The van der Waals surface area contributed by atoms with Crippen LogP contribution in [0.1, 0.15) is 32.1 Å². The van der Waals surface area contributed by atoms with Gasteiger partial charge in [0.15, 0.2) is 11.6 Å². The van der Waals surface area contributed by atoms with Crippen molar-refractivity contribution in [1.29, 1.82) is 0 Å². The molecule has 1 heterocycles. The Bertz CT molecular complexity index is 501. The molecule has 114 valence electrons. The van der Waals surface area contributed by atoms with Crippen LogP contribution in [0.4, 0.5) is 4.39 Å². The lowest BCUT2D eigenvalue weighted by Crippen LogP contribution is -2.37. The predicted molar refractivity (Wildman–Crippen MR) is 78.5 cm³/mol. The zero-order valence-electron chi connectivity index (χ0n) is 12.3. The first-order valence-electron chi connectivity index (χ1n) is 7.90. The van der Waals surface area contributed by atoms with E-state index in [9.17, 15) is 9.18 Å². The number of likely N-dealkylation sites (tertiary alicyclic amines) is 1. The molecule has 0 bridgehead atoms. The van der Waals surface area contributed by atoms with Gasteiger partial charge in [-0.15, -0.1) is 0 Å². The Balaban J connectivity index is 1.41. The van der Waals surface area contributed by atoms with E-state index in [0.29, 0.717) is 30.1 Å². The minimum absolute atomic E-state index is 0.290. The van der Waals surface area contributed by atoms with E-state index in [0.717, 1.165) is 38.8 Å². The highest BCUT2D eigenvalue weighted by molar-refractivity contribution is 5.79. The van der Waals surface area contributed by atoms with E-state index in [1.54, 1.807) is 18.2 Å². The minimum atomic E-state index is -0.314. The molecule has 0 aromatic heterocycles. The van der Waals surface area contributed by atoms with Gasteiger partial charge in [0.05, 0.1) is 6.61 Å². The number of carbonyl (C=O) groups excluding carboxylic acids is 1. The van der Waals surface area contributed by atoms with Crippen molar-refractivity contribution >= 4 is 5.91 Å². The van der Waals surface area contributed by atoms with Crippen molar-refractivity contribution in [1.82, 2.24) is 4.90 Å². The highest BCUT2D eigenvalue weighted by atomic mass is 19.1. The molecule has 21 heavy (non-hydrogen) atoms. The second kappa shape index (κ2) is 6.46. The second-order valence-corrected chi connectivity index (χ2v) is 6.13. The molecule has 0 N–H and O–H groups in total. The first-order valence-corrected chi connectivity index (χ1v) is 7.90. The number of benzene rings is 1. The summed E-state index contributed by atoms with van der Waals surface area (Å²) in [4.78, 5) is 14.2. The molecule has 4 heteroatoms. The van der Waals surface area contributed by atoms with Crippen LogP contribution in [0.15, 0.2) is 24.3 Å². The van der Waals surface area contributed by atoms with E-state index < -0.39 is 0 Å². The summed E-state index contributed by atoms with van der Waals surface area (Å²) in [7, 11) is 0. The van der Waals surface area contributed by atoms with Crippen molar-refractivity contribution in [2.45, 2.75) is 32.1 Å². The van der Waals surface area contributed by atoms with Gasteiger partial charge in [0, 0.05) is 19.0 Å². The summed E-state index contributed by atoms with van der Waals surface area (Å²) in [6.07, 6.45) is 5.25. The SMILES string of the molecule is O=C(C1CCC1)N1CCC(CCOc2ccccc2F)C1. The largest absolute Gasteiger partial charge is 0.491 e. The third-order valence-corrected chi connectivity index (χ3v) is 4.67. The molecule has 1 atom stereocenters. The lowest BCUT2D eigenvalue weighted by Gasteiger charge is -2.29. The average molecular weight is 291 g/mol. The standard InChI is InChI=1S/C17H22FNO2/c18-15-6-1-2-7-16(15)21-11-9-13-8-10-19(12-13)17(20)14-4-3-5-14/h1-2,6-7,13-14H,3-5,8-12H2. The molecule has 2 aliphatic rings. The molecule has 0 radical (unpaired) electrons. The van der Waals surface area contributed by atoms with Crippen LogP contribution in [-0.4, -0.2) is 30.5 Å². The first-order chi connectivity index (χ1) is 10.2. The Hall–Kier alpha value is -1.58. The quantitative estimate of drug-likeness (QED) is 0.833. The smallest absolute Gasteiger partial charge is 0.225 e. The Morgan fingerprint density at radius 1 is 1.29 bits per heavy atom. The highest BCUT2D eigenvalue weighted by Gasteiger charge is 2.33. The van der Waals surface area contributed by atoms with Crippen molar-refractivity contribution in [2.24, 2.45) is 11.8 Å². The van der Waals surface area contributed by atoms with Crippen LogP contribution in [-0.2, 0) is 4.79 Å². The molecular weight excluding hydrogens is 269 g/mol. The van der Waals surface area contributed by atoms with Gasteiger partial charge in [-0.05, 0) is 43.7 Å². The normalized spacial score (nSPS) is 22.1. The van der Waals surface area contributed by atoms with Gasteiger partial charge in [0.2, 0.25) is 5.91 Å². The molecule has 3 nitrogen and oxygen atoms in total. The topological polar surface area (TPSA) is 29.5 Å². The van der Waals surface area contributed by atoms with E-state index in [1.165, 1.54) is 12.5 Å². The summed E-state index contributed by atoms with van der Waals surface area (Å²) in [5.41, 5.74) is 0. The molecule has 1 saturated carbocycles. The number of carbonyl (C=O) groups is 1. The number of hydrogen-bond donors (Lipinski definition) is 0.